The fraction of sp³-hybridized carbons (Fsp3) is 0.444. The molecule has 134 valence electrons. The molecule has 0 amide bonds. The van der Waals surface area contributed by atoms with E-state index in [1.807, 2.05) is 6.92 Å². The van der Waals surface area contributed by atoms with E-state index in [2.05, 4.69) is 11.3 Å². The van der Waals surface area contributed by atoms with Crippen molar-refractivity contribution >= 4 is 11.9 Å². The highest BCUT2D eigenvalue weighted by atomic mass is 16.6. The molecule has 0 aliphatic carbocycles. The van der Waals surface area contributed by atoms with Gasteiger partial charge in [0.25, 0.3) is 0 Å². The summed E-state index contributed by atoms with van der Waals surface area (Å²) in [4.78, 5) is 23.4. The number of allylic oxidation sites excluding steroid dienone is 1. The van der Waals surface area contributed by atoms with E-state index in [1.165, 1.54) is 19.1 Å². The minimum Gasteiger partial charge on any atom is -0.462 e. The lowest BCUT2D eigenvalue weighted by atomic mass is 10.1. The Labute approximate surface area is 143 Å². The van der Waals surface area contributed by atoms with Crippen molar-refractivity contribution in [3.05, 3.63) is 48.0 Å². The van der Waals surface area contributed by atoms with Gasteiger partial charge < -0.3 is 19.3 Å². The first-order chi connectivity index (χ1) is 11.5. The highest BCUT2D eigenvalue weighted by Gasteiger charge is 2.18. The van der Waals surface area contributed by atoms with E-state index in [0.29, 0.717) is 0 Å². The molecule has 24 heavy (non-hydrogen) atoms. The Kier molecular flexibility index (Phi) is 12.1. The van der Waals surface area contributed by atoms with E-state index in [-0.39, 0.29) is 24.3 Å². The monoisotopic (exact) mass is 338 g/mol. The third-order valence-electron chi connectivity index (χ3n) is 2.30. The van der Waals surface area contributed by atoms with Gasteiger partial charge in [0.05, 0.1) is 37.1 Å². The molecular weight excluding hydrogens is 312 g/mol. The van der Waals surface area contributed by atoms with Crippen molar-refractivity contribution in [3.63, 3.8) is 0 Å². The van der Waals surface area contributed by atoms with Crippen molar-refractivity contribution in [1.82, 2.24) is 0 Å². The molecule has 1 aliphatic heterocycles. The fourth-order valence-electron chi connectivity index (χ4n) is 1.32. The first-order valence-electron chi connectivity index (χ1n) is 7.74. The molecule has 1 saturated heterocycles. The lowest BCUT2D eigenvalue weighted by molar-refractivity contribution is 0.0289. The molecule has 6 nitrogen and oxygen atoms in total. The molecule has 0 bridgehead atoms. The van der Waals surface area contributed by atoms with Gasteiger partial charge in [-0.05, 0) is 32.9 Å². The zero-order chi connectivity index (χ0) is 18.4. The van der Waals surface area contributed by atoms with E-state index in [9.17, 15) is 9.59 Å². The standard InChI is InChI=1S/C13H16O5.C3H6.C2H4O/c1-3-17-12(15)10-6-4-5-7-11(10)13(16)18-8-9(2)14;1-3-2;1-2-3-1/h4-7,9,14H,3,8H2,1-2H3;3H,1H2,2H3;1-2H2. The summed E-state index contributed by atoms with van der Waals surface area (Å²) in [7, 11) is 0. The molecule has 0 aromatic heterocycles. The third kappa shape index (κ3) is 10.5. The Hall–Kier alpha value is -2.18. The molecule has 0 saturated carbocycles. The molecule has 0 spiro atoms. The van der Waals surface area contributed by atoms with Gasteiger partial charge in [0.1, 0.15) is 6.61 Å². The second kappa shape index (κ2) is 13.3. The van der Waals surface area contributed by atoms with Crippen LogP contribution >= 0.6 is 0 Å². The molecular formula is C18H26O6. The van der Waals surface area contributed by atoms with Crippen LogP contribution in [0.4, 0.5) is 0 Å². The van der Waals surface area contributed by atoms with Gasteiger partial charge in [0.2, 0.25) is 0 Å². The van der Waals surface area contributed by atoms with Gasteiger partial charge in [-0.1, -0.05) is 18.2 Å². The van der Waals surface area contributed by atoms with Gasteiger partial charge >= 0.3 is 11.9 Å². The zero-order valence-electron chi connectivity index (χ0n) is 14.5. The summed E-state index contributed by atoms with van der Waals surface area (Å²) in [6.07, 6.45) is 1.00. The number of esters is 2. The highest BCUT2D eigenvalue weighted by Crippen LogP contribution is 2.12. The zero-order valence-corrected chi connectivity index (χ0v) is 14.5. The number of hydrogen-bond acceptors (Lipinski definition) is 6. The Morgan fingerprint density at radius 1 is 1.25 bits per heavy atom. The summed E-state index contributed by atoms with van der Waals surface area (Å²) in [5.41, 5.74) is 0.298. The van der Waals surface area contributed by atoms with Gasteiger partial charge in [0, 0.05) is 0 Å². The maximum Gasteiger partial charge on any atom is 0.339 e. The Balaban J connectivity index is 0.000000745. The Morgan fingerprint density at radius 3 is 2.00 bits per heavy atom. The molecule has 1 atom stereocenters. The second-order valence-corrected chi connectivity index (χ2v) is 4.73. The topological polar surface area (TPSA) is 85.4 Å². The van der Waals surface area contributed by atoms with Crippen LogP contribution < -0.4 is 0 Å². The van der Waals surface area contributed by atoms with Crippen LogP contribution in [0.3, 0.4) is 0 Å². The van der Waals surface area contributed by atoms with Crippen LogP contribution in [0, 0.1) is 0 Å². The molecule has 2 rings (SSSR count). The van der Waals surface area contributed by atoms with Crippen LogP contribution in [-0.4, -0.2) is 49.6 Å². The normalized spacial score (nSPS) is 12.3. The molecule has 1 N–H and O–H groups in total. The maximum absolute atomic E-state index is 11.7. The summed E-state index contributed by atoms with van der Waals surface area (Å²) in [6, 6.07) is 6.24. The average Bonchev–Trinajstić information content (AvgIpc) is 3.42. The highest BCUT2D eigenvalue weighted by molar-refractivity contribution is 6.03. The third-order valence-corrected chi connectivity index (χ3v) is 2.30. The van der Waals surface area contributed by atoms with Crippen molar-refractivity contribution in [2.75, 3.05) is 26.4 Å². The molecule has 1 fully saturated rings. The van der Waals surface area contributed by atoms with Gasteiger partial charge in [-0.25, -0.2) is 9.59 Å². The van der Waals surface area contributed by atoms with Crippen LogP contribution in [-0.2, 0) is 14.2 Å². The molecule has 1 heterocycles. The van der Waals surface area contributed by atoms with Crippen molar-refractivity contribution in [3.8, 4) is 0 Å². The van der Waals surface area contributed by atoms with Crippen LogP contribution in [0.25, 0.3) is 0 Å². The van der Waals surface area contributed by atoms with Crippen molar-refractivity contribution in [2.45, 2.75) is 26.9 Å². The number of carbonyl (C=O) groups is 2. The maximum atomic E-state index is 11.7. The summed E-state index contributed by atoms with van der Waals surface area (Å²) in [5, 5.41) is 9.04. The molecule has 1 aromatic rings. The minimum absolute atomic E-state index is 0.115. The number of carbonyl (C=O) groups excluding carboxylic acids is 2. The van der Waals surface area contributed by atoms with E-state index >= 15 is 0 Å². The van der Waals surface area contributed by atoms with Gasteiger partial charge in [-0.15, -0.1) is 6.58 Å². The minimum atomic E-state index is -0.747. The van der Waals surface area contributed by atoms with E-state index < -0.39 is 18.0 Å². The molecule has 1 unspecified atom stereocenters. The van der Waals surface area contributed by atoms with E-state index in [0.717, 1.165) is 13.2 Å². The summed E-state index contributed by atoms with van der Waals surface area (Å²) < 4.78 is 14.2. The van der Waals surface area contributed by atoms with Gasteiger partial charge in [-0.2, -0.15) is 0 Å². The molecule has 1 aliphatic rings. The summed E-state index contributed by atoms with van der Waals surface area (Å²) in [6.45, 7) is 10.6. The number of benzene rings is 1. The van der Waals surface area contributed by atoms with Crippen molar-refractivity contribution in [2.24, 2.45) is 0 Å². The smallest absolute Gasteiger partial charge is 0.339 e. The Bertz CT molecular complexity index is 505. The Morgan fingerprint density at radius 2 is 1.67 bits per heavy atom. The van der Waals surface area contributed by atoms with Crippen molar-refractivity contribution < 1.29 is 28.9 Å². The van der Waals surface area contributed by atoms with E-state index in [4.69, 9.17) is 14.6 Å². The van der Waals surface area contributed by atoms with Gasteiger partial charge in [0.15, 0.2) is 0 Å². The lowest BCUT2D eigenvalue weighted by Crippen LogP contribution is -2.18. The first-order valence-corrected chi connectivity index (χ1v) is 7.74. The van der Waals surface area contributed by atoms with Gasteiger partial charge in [-0.3, -0.25) is 0 Å². The number of aliphatic hydroxyl groups excluding tert-OH is 1. The van der Waals surface area contributed by atoms with Crippen molar-refractivity contribution in [1.29, 1.82) is 0 Å². The predicted molar refractivity (Wildman–Crippen MR) is 91.1 cm³/mol. The molecule has 1 aromatic carbocycles. The fourth-order valence-corrected chi connectivity index (χ4v) is 1.32. The summed E-state index contributed by atoms with van der Waals surface area (Å²) in [5.74, 6) is -1.22. The SMILES string of the molecule is C1CO1.C=CC.CCOC(=O)c1ccccc1C(=O)OCC(C)O. The van der Waals surface area contributed by atoms with E-state index in [1.54, 1.807) is 25.1 Å². The quantitative estimate of drug-likeness (QED) is 0.505. The predicted octanol–water partition coefficient (Wildman–Crippen LogP) is 2.61. The summed E-state index contributed by atoms with van der Waals surface area (Å²) >= 11 is 0. The van der Waals surface area contributed by atoms with Crippen LogP contribution in [0.5, 0.6) is 0 Å². The number of aliphatic hydroxyl groups is 1. The van der Waals surface area contributed by atoms with Crippen LogP contribution in [0.1, 0.15) is 41.5 Å². The van der Waals surface area contributed by atoms with Crippen LogP contribution in [0.2, 0.25) is 0 Å². The number of rotatable bonds is 5. The average molecular weight is 338 g/mol. The molecule has 6 heteroatoms. The largest absolute Gasteiger partial charge is 0.462 e. The number of hydrogen-bond donors (Lipinski definition) is 1. The second-order valence-electron chi connectivity index (χ2n) is 4.73. The molecule has 0 radical (unpaired) electrons. The lowest BCUT2D eigenvalue weighted by Gasteiger charge is -2.09. The van der Waals surface area contributed by atoms with Crippen LogP contribution in [0.15, 0.2) is 36.9 Å². The number of ether oxygens (including phenoxy) is 3. The first kappa shape index (κ1) is 21.8. The number of epoxide rings is 1.